The van der Waals surface area contributed by atoms with Crippen LogP contribution in [-0.2, 0) is 6.42 Å². The van der Waals surface area contributed by atoms with Crippen LogP contribution >= 0.6 is 0 Å². The quantitative estimate of drug-likeness (QED) is 0.316. The van der Waals surface area contributed by atoms with E-state index in [4.69, 9.17) is 0 Å². The summed E-state index contributed by atoms with van der Waals surface area (Å²) in [6.45, 7) is 0. The molecule has 0 saturated heterocycles. The lowest BCUT2D eigenvalue weighted by Crippen LogP contribution is -3.00. The zero-order chi connectivity index (χ0) is 14.2. The third-order valence-corrected chi connectivity index (χ3v) is 3.69. The monoisotopic (exact) mass is 386 g/mol. The molecule has 0 spiro atoms. The van der Waals surface area contributed by atoms with Crippen LogP contribution in [0.15, 0.2) is 48.5 Å². The SMILES string of the molecule is O.O.O[C@@H](Cc1[nH]c2ccccc2[nH+]1)c1[nH]c2ccccc2[nH+]1.[Cl-].[Cl-]. The number of aliphatic hydroxyl groups is 1. The second kappa shape index (κ2) is 9.36. The van der Waals surface area contributed by atoms with E-state index in [-0.39, 0.29) is 35.8 Å². The highest BCUT2D eigenvalue weighted by Gasteiger charge is 2.23. The molecule has 4 rings (SSSR count). The summed E-state index contributed by atoms with van der Waals surface area (Å²) in [5.74, 6) is 1.61. The molecule has 9 N–H and O–H groups in total. The number of H-pyrrole nitrogens is 4. The van der Waals surface area contributed by atoms with Gasteiger partial charge in [-0.1, -0.05) is 24.3 Å². The standard InChI is InChI=1S/C16H14N4O.2ClH.2H2O/c21-14(16-19-12-7-3-4-8-13(12)20-16)9-15-17-10-5-1-2-6-11(10)18-15;;;;/h1-8,14,21H,9H2,(H,17,18)(H,19,20);2*1H;2*1H2/t14-;;;;/m0..../s1. The van der Waals surface area contributed by atoms with Crippen LogP contribution in [0.25, 0.3) is 22.1 Å². The Morgan fingerprint density at radius 3 is 1.88 bits per heavy atom. The number of hydrogen-bond donors (Lipinski definition) is 3. The lowest BCUT2D eigenvalue weighted by atomic mass is 10.2. The van der Waals surface area contributed by atoms with Gasteiger partial charge in [-0.15, -0.1) is 0 Å². The Balaban J connectivity index is 0.00000144. The van der Waals surface area contributed by atoms with Crippen molar-refractivity contribution in [2.75, 3.05) is 0 Å². The number of aromatic amines is 4. The van der Waals surface area contributed by atoms with Gasteiger partial charge in [0.2, 0.25) is 0 Å². The van der Waals surface area contributed by atoms with Gasteiger partial charge in [0.25, 0.3) is 11.6 Å². The second-order valence-electron chi connectivity index (χ2n) is 5.20. The molecule has 0 saturated carbocycles. The second-order valence-corrected chi connectivity index (χ2v) is 5.20. The molecule has 25 heavy (non-hydrogen) atoms. The van der Waals surface area contributed by atoms with E-state index >= 15 is 0 Å². The number of aromatic nitrogens is 4. The van der Waals surface area contributed by atoms with Crippen molar-refractivity contribution < 1.29 is 50.8 Å². The lowest BCUT2D eigenvalue weighted by molar-refractivity contribution is -0.376. The van der Waals surface area contributed by atoms with Crippen LogP contribution in [0.3, 0.4) is 0 Å². The Labute approximate surface area is 156 Å². The fraction of sp³-hybridized carbons (Fsp3) is 0.125. The molecule has 9 heteroatoms. The number of aliphatic hydroxyl groups excluding tert-OH is 1. The van der Waals surface area contributed by atoms with Crippen molar-refractivity contribution in [3.8, 4) is 0 Å². The predicted octanol–water partition coefficient (Wildman–Crippen LogP) is -6.09. The molecule has 7 nitrogen and oxygen atoms in total. The van der Waals surface area contributed by atoms with Crippen molar-refractivity contribution in [2.45, 2.75) is 12.5 Å². The summed E-state index contributed by atoms with van der Waals surface area (Å²) >= 11 is 0. The highest BCUT2D eigenvalue weighted by molar-refractivity contribution is 5.71. The highest BCUT2D eigenvalue weighted by atomic mass is 35.5. The number of hydrogen-bond acceptors (Lipinski definition) is 1. The van der Waals surface area contributed by atoms with Crippen molar-refractivity contribution in [1.82, 2.24) is 9.97 Å². The Morgan fingerprint density at radius 2 is 1.32 bits per heavy atom. The summed E-state index contributed by atoms with van der Waals surface area (Å²) in [6, 6.07) is 15.9. The maximum absolute atomic E-state index is 10.4. The fourth-order valence-electron chi connectivity index (χ4n) is 2.64. The third-order valence-electron chi connectivity index (χ3n) is 3.69. The molecule has 2 heterocycles. The Kier molecular flexibility index (Phi) is 8.55. The van der Waals surface area contributed by atoms with Gasteiger partial charge in [0, 0.05) is 0 Å². The number of fused-ring (bicyclic) bond motifs is 2. The van der Waals surface area contributed by atoms with E-state index in [0.29, 0.717) is 12.2 Å². The van der Waals surface area contributed by atoms with Gasteiger partial charge in [0.1, 0.15) is 0 Å². The summed E-state index contributed by atoms with van der Waals surface area (Å²) in [5, 5.41) is 10.4. The first-order chi connectivity index (χ1) is 10.3. The molecule has 0 fully saturated rings. The van der Waals surface area contributed by atoms with E-state index < -0.39 is 6.10 Å². The van der Waals surface area contributed by atoms with Crippen molar-refractivity contribution in [3.05, 3.63) is 60.2 Å². The zero-order valence-electron chi connectivity index (χ0n) is 13.1. The van der Waals surface area contributed by atoms with Crippen LogP contribution in [0.1, 0.15) is 17.8 Å². The van der Waals surface area contributed by atoms with E-state index in [1.165, 1.54) is 0 Å². The van der Waals surface area contributed by atoms with E-state index in [0.717, 1.165) is 27.9 Å². The molecule has 0 unspecified atom stereocenters. The van der Waals surface area contributed by atoms with Crippen molar-refractivity contribution in [3.63, 3.8) is 0 Å². The maximum Gasteiger partial charge on any atom is 0.282 e. The first-order valence-electron chi connectivity index (χ1n) is 6.96. The number of para-hydroxylation sites is 4. The molecule has 1 atom stereocenters. The largest absolute Gasteiger partial charge is 1.00 e. The Hall–Kier alpha value is -2.16. The average molecular weight is 387 g/mol. The van der Waals surface area contributed by atoms with Gasteiger partial charge >= 0.3 is 0 Å². The molecule has 136 valence electrons. The number of rotatable bonds is 3. The van der Waals surface area contributed by atoms with Crippen LogP contribution in [0.5, 0.6) is 0 Å². The van der Waals surface area contributed by atoms with E-state index in [9.17, 15) is 5.11 Å². The molecule has 2 aromatic heterocycles. The van der Waals surface area contributed by atoms with Crippen LogP contribution in [0.2, 0.25) is 0 Å². The van der Waals surface area contributed by atoms with Crippen LogP contribution < -0.4 is 34.8 Å². The minimum absolute atomic E-state index is 0. The molecule has 0 aliphatic heterocycles. The summed E-state index contributed by atoms with van der Waals surface area (Å²) in [6.07, 6.45) is -0.139. The molecule has 0 aliphatic carbocycles. The van der Waals surface area contributed by atoms with Gasteiger partial charge in [0.15, 0.2) is 28.2 Å². The Bertz CT molecular complexity index is 860. The molecule has 0 amide bonds. The van der Waals surface area contributed by atoms with Gasteiger partial charge in [-0.2, -0.15) is 0 Å². The van der Waals surface area contributed by atoms with Gasteiger partial charge in [-0.3, -0.25) is 0 Å². The van der Waals surface area contributed by atoms with E-state index in [2.05, 4.69) is 19.9 Å². The fourth-order valence-corrected chi connectivity index (χ4v) is 2.64. The predicted molar refractivity (Wildman–Crippen MR) is 85.6 cm³/mol. The first-order valence-corrected chi connectivity index (χ1v) is 6.96. The molecule has 2 aromatic carbocycles. The molecule has 4 aromatic rings. The normalized spacial score (nSPS) is 10.9. The summed E-state index contributed by atoms with van der Waals surface area (Å²) in [5.41, 5.74) is 4.07. The highest BCUT2D eigenvalue weighted by Crippen LogP contribution is 2.15. The zero-order valence-corrected chi connectivity index (χ0v) is 14.6. The molecule has 0 aliphatic rings. The number of imidazole rings is 2. The number of benzene rings is 2. The molecule has 0 bridgehead atoms. The van der Waals surface area contributed by atoms with E-state index in [1.807, 2.05) is 48.5 Å². The van der Waals surface area contributed by atoms with Crippen molar-refractivity contribution in [1.29, 1.82) is 0 Å². The van der Waals surface area contributed by atoms with E-state index in [1.54, 1.807) is 0 Å². The summed E-state index contributed by atoms with van der Waals surface area (Å²) < 4.78 is 0. The van der Waals surface area contributed by atoms with Crippen molar-refractivity contribution >= 4 is 22.1 Å². The van der Waals surface area contributed by atoms with Crippen LogP contribution in [0, 0.1) is 0 Å². The Morgan fingerprint density at radius 1 is 0.800 bits per heavy atom. The topological polar surface area (TPSA) is 143 Å². The van der Waals surface area contributed by atoms with Gasteiger partial charge < -0.3 is 40.9 Å². The van der Waals surface area contributed by atoms with Gasteiger partial charge in [-0.05, 0) is 24.3 Å². The minimum atomic E-state index is -0.623. The summed E-state index contributed by atoms with van der Waals surface area (Å²) in [7, 11) is 0. The van der Waals surface area contributed by atoms with Gasteiger partial charge in [-0.25, -0.2) is 19.9 Å². The average Bonchev–Trinajstić information content (AvgIpc) is 3.10. The van der Waals surface area contributed by atoms with Gasteiger partial charge in [0.05, 0.1) is 6.42 Å². The molecular formula is C16H20Cl2N4O3. The summed E-state index contributed by atoms with van der Waals surface area (Å²) in [4.78, 5) is 13.0. The molecule has 0 radical (unpaired) electrons. The lowest BCUT2D eigenvalue weighted by Gasteiger charge is -1.97. The number of nitrogens with one attached hydrogen (secondary N) is 4. The third kappa shape index (κ3) is 4.47. The molecular weight excluding hydrogens is 367 g/mol. The smallest absolute Gasteiger partial charge is 0.282 e. The van der Waals surface area contributed by atoms with Crippen LogP contribution in [-0.4, -0.2) is 26.0 Å². The number of halogens is 2. The first kappa shape index (κ1) is 22.8. The minimum Gasteiger partial charge on any atom is -1.00 e. The maximum atomic E-state index is 10.4. The van der Waals surface area contributed by atoms with Crippen molar-refractivity contribution in [2.24, 2.45) is 0 Å². The van der Waals surface area contributed by atoms with Crippen LogP contribution in [0.4, 0.5) is 0 Å².